The van der Waals surface area contributed by atoms with E-state index in [1.54, 1.807) is 13.3 Å². The summed E-state index contributed by atoms with van der Waals surface area (Å²) in [6.45, 7) is 5.85. The highest BCUT2D eigenvalue weighted by Gasteiger charge is 2.15. The van der Waals surface area contributed by atoms with Crippen molar-refractivity contribution in [2.45, 2.75) is 19.8 Å². The van der Waals surface area contributed by atoms with E-state index in [4.69, 9.17) is 4.74 Å². The molecule has 1 aromatic heterocycles. The van der Waals surface area contributed by atoms with Gasteiger partial charge in [0.05, 0.1) is 12.8 Å². The quantitative estimate of drug-likeness (QED) is 0.749. The highest BCUT2D eigenvalue weighted by atomic mass is 16.5. The highest BCUT2D eigenvalue weighted by molar-refractivity contribution is 5.60. The third-order valence-electron chi connectivity index (χ3n) is 4.44. The van der Waals surface area contributed by atoms with Gasteiger partial charge in [-0.05, 0) is 43.0 Å². The van der Waals surface area contributed by atoms with Gasteiger partial charge in [0, 0.05) is 38.1 Å². The van der Waals surface area contributed by atoms with Gasteiger partial charge >= 0.3 is 0 Å². The van der Waals surface area contributed by atoms with Crippen LogP contribution < -0.4 is 15.5 Å². The minimum absolute atomic E-state index is 0.487. The molecule has 25 heavy (non-hydrogen) atoms. The van der Waals surface area contributed by atoms with E-state index in [0.29, 0.717) is 24.9 Å². The van der Waals surface area contributed by atoms with Crippen molar-refractivity contribution in [2.75, 3.05) is 48.9 Å². The summed E-state index contributed by atoms with van der Waals surface area (Å²) in [4.78, 5) is 6.85. The topological polar surface area (TPSA) is 75.2 Å². The number of piperidine rings is 1. The number of methoxy groups -OCH3 is 1. The van der Waals surface area contributed by atoms with Crippen LogP contribution in [0.25, 0.3) is 0 Å². The van der Waals surface area contributed by atoms with Gasteiger partial charge in [0.25, 0.3) is 0 Å². The number of benzene rings is 1. The van der Waals surface area contributed by atoms with E-state index in [1.165, 1.54) is 18.5 Å². The molecular weight excluding hydrogens is 316 g/mol. The molecule has 134 valence electrons. The van der Waals surface area contributed by atoms with Crippen LogP contribution in [0.5, 0.6) is 0 Å². The monoisotopic (exact) mass is 342 g/mol. The van der Waals surface area contributed by atoms with Gasteiger partial charge in [-0.1, -0.05) is 6.92 Å². The molecule has 0 saturated carbocycles. The molecule has 1 aliphatic heterocycles. The van der Waals surface area contributed by atoms with Crippen molar-refractivity contribution in [3.63, 3.8) is 0 Å². The van der Waals surface area contributed by atoms with Gasteiger partial charge in [-0.25, -0.2) is 0 Å². The maximum absolute atomic E-state index is 5.00. The lowest BCUT2D eigenvalue weighted by molar-refractivity contribution is 0.210. The van der Waals surface area contributed by atoms with E-state index in [0.717, 1.165) is 24.7 Å². The molecule has 1 aromatic carbocycles. The van der Waals surface area contributed by atoms with Crippen LogP contribution in [0.4, 0.5) is 23.1 Å². The minimum Gasteiger partial charge on any atom is -0.383 e. The van der Waals surface area contributed by atoms with E-state index in [2.05, 4.69) is 61.9 Å². The van der Waals surface area contributed by atoms with Crippen molar-refractivity contribution in [1.82, 2.24) is 15.2 Å². The van der Waals surface area contributed by atoms with E-state index in [9.17, 15) is 0 Å². The Bertz CT molecular complexity index is 655. The molecule has 2 N–H and O–H groups in total. The molecule has 1 aliphatic rings. The molecule has 0 amide bonds. The maximum atomic E-state index is 5.00. The fourth-order valence-corrected chi connectivity index (χ4v) is 2.87. The first-order valence-corrected chi connectivity index (χ1v) is 8.79. The number of hydrogen-bond donors (Lipinski definition) is 2. The third kappa shape index (κ3) is 5.03. The van der Waals surface area contributed by atoms with Crippen LogP contribution in [0.15, 0.2) is 30.5 Å². The Morgan fingerprint density at radius 2 is 1.96 bits per heavy atom. The Kier molecular flexibility index (Phi) is 6.00. The molecule has 0 spiro atoms. The fourth-order valence-electron chi connectivity index (χ4n) is 2.87. The molecule has 0 atom stereocenters. The molecule has 3 rings (SSSR count). The second kappa shape index (κ2) is 8.62. The molecule has 1 saturated heterocycles. The van der Waals surface area contributed by atoms with Crippen molar-refractivity contribution in [2.24, 2.45) is 5.92 Å². The number of ether oxygens (including phenoxy) is 1. The zero-order valence-electron chi connectivity index (χ0n) is 14.9. The van der Waals surface area contributed by atoms with Gasteiger partial charge in [0.2, 0.25) is 5.95 Å². The Morgan fingerprint density at radius 1 is 1.20 bits per heavy atom. The predicted molar refractivity (Wildman–Crippen MR) is 101 cm³/mol. The fraction of sp³-hybridized carbons (Fsp3) is 0.500. The number of hydrogen-bond acceptors (Lipinski definition) is 7. The number of nitrogens with zero attached hydrogens (tertiary/aromatic N) is 4. The van der Waals surface area contributed by atoms with E-state index in [1.807, 2.05) is 0 Å². The third-order valence-corrected chi connectivity index (χ3v) is 4.44. The van der Waals surface area contributed by atoms with E-state index in [-0.39, 0.29) is 0 Å². The summed E-state index contributed by atoms with van der Waals surface area (Å²) < 4.78 is 5.00. The molecule has 0 radical (unpaired) electrons. The molecule has 1 fully saturated rings. The van der Waals surface area contributed by atoms with E-state index >= 15 is 0 Å². The van der Waals surface area contributed by atoms with Crippen molar-refractivity contribution in [1.29, 1.82) is 0 Å². The zero-order valence-corrected chi connectivity index (χ0v) is 14.9. The zero-order chi connectivity index (χ0) is 17.5. The summed E-state index contributed by atoms with van der Waals surface area (Å²) in [5.41, 5.74) is 2.26. The van der Waals surface area contributed by atoms with Crippen LogP contribution in [0.1, 0.15) is 19.8 Å². The smallest absolute Gasteiger partial charge is 0.244 e. The molecule has 0 aliphatic carbocycles. The summed E-state index contributed by atoms with van der Waals surface area (Å²) in [5, 5.41) is 14.3. The van der Waals surface area contributed by atoms with Crippen molar-refractivity contribution in [3.05, 3.63) is 30.5 Å². The lowest BCUT2D eigenvalue weighted by Crippen LogP contribution is -2.32. The molecular formula is C18H26N6O. The summed E-state index contributed by atoms with van der Waals surface area (Å²) in [5.74, 6) is 1.99. The number of rotatable bonds is 7. The Hall–Kier alpha value is -2.41. The van der Waals surface area contributed by atoms with Crippen molar-refractivity contribution >= 4 is 23.1 Å². The van der Waals surface area contributed by atoms with Crippen molar-refractivity contribution in [3.8, 4) is 0 Å². The molecule has 0 bridgehead atoms. The van der Waals surface area contributed by atoms with Gasteiger partial charge < -0.3 is 20.3 Å². The average molecular weight is 342 g/mol. The first-order valence-electron chi connectivity index (χ1n) is 8.79. The summed E-state index contributed by atoms with van der Waals surface area (Å²) in [7, 11) is 1.66. The molecule has 2 heterocycles. The first-order chi connectivity index (χ1) is 12.2. The molecule has 2 aromatic rings. The van der Waals surface area contributed by atoms with Gasteiger partial charge in [-0.3, -0.25) is 0 Å². The maximum Gasteiger partial charge on any atom is 0.244 e. The largest absolute Gasteiger partial charge is 0.383 e. The van der Waals surface area contributed by atoms with Crippen LogP contribution in [0.3, 0.4) is 0 Å². The van der Waals surface area contributed by atoms with Gasteiger partial charge in [0.15, 0.2) is 5.82 Å². The summed E-state index contributed by atoms with van der Waals surface area (Å²) >= 11 is 0. The second-order valence-corrected chi connectivity index (χ2v) is 6.43. The number of nitrogens with one attached hydrogen (secondary N) is 2. The molecule has 7 nitrogen and oxygen atoms in total. The standard InChI is InChI=1S/C18H26N6O/c1-14-7-10-24(11-8-14)16-5-3-15(4-6-16)21-17-13-20-23-18(22-17)19-9-12-25-2/h3-6,13-14H,7-12H2,1-2H3,(H2,19,21,22,23). The van der Waals surface area contributed by atoms with Gasteiger partial charge in [-0.15, -0.1) is 5.10 Å². The SMILES string of the molecule is COCCNc1nncc(Nc2ccc(N3CCC(C)CC3)cc2)n1. The minimum atomic E-state index is 0.487. The lowest BCUT2D eigenvalue weighted by atomic mass is 9.99. The first kappa shape index (κ1) is 17.4. The van der Waals surface area contributed by atoms with Gasteiger partial charge in [0.1, 0.15) is 0 Å². The van der Waals surface area contributed by atoms with Crippen LogP contribution in [0, 0.1) is 5.92 Å². The van der Waals surface area contributed by atoms with E-state index < -0.39 is 0 Å². The Balaban J connectivity index is 1.58. The van der Waals surface area contributed by atoms with Crippen LogP contribution in [-0.2, 0) is 4.74 Å². The average Bonchev–Trinajstić information content (AvgIpc) is 2.64. The number of anilines is 4. The molecule has 0 unspecified atom stereocenters. The highest BCUT2D eigenvalue weighted by Crippen LogP contribution is 2.25. The Labute approximate surface area is 148 Å². The molecule has 7 heteroatoms. The van der Waals surface area contributed by atoms with Gasteiger partial charge in [-0.2, -0.15) is 10.1 Å². The van der Waals surface area contributed by atoms with Crippen LogP contribution >= 0.6 is 0 Å². The van der Waals surface area contributed by atoms with Crippen LogP contribution in [-0.4, -0.2) is 48.5 Å². The Morgan fingerprint density at radius 3 is 2.68 bits per heavy atom. The number of aromatic nitrogens is 3. The van der Waals surface area contributed by atoms with Crippen LogP contribution in [0.2, 0.25) is 0 Å². The lowest BCUT2D eigenvalue weighted by Gasteiger charge is -2.32. The van der Waals surface area contributed by atoms with Crippen molar-refractivity contribution < 1.29 is 4.74 Å². The summed E-state index contributed by atoms with van der Waals surface area (Å²) in [6, 6.07) is 8.47. The normalized spacial score (nSPS) is 15.2. The second-order valence-electron chi connectivity index (χ2n) is 6.43. The predicted octanol–water partition coefficient (Wildman–Crippen LogP) is 2.91. The summed E-state index contributed by atoms with van der Waals surface area (Å²) in [6.07, 6.45) is 4.15.